The van der Waals surface area contributed by atoms with E-state index in [1.165, 1.54) is 32.2 Å². The average Bonchev–Trinajstić information content (AvgIpc) is 2.13. The fourth-order valence-corrected chi connectivity index (χ4v) is 2.09. The highest BCUT2D eigenvalue weighted by Gasteiger charge is 2.32. The molecule has 0 unspecified atom stereocenters. The molecule has 2 fully saturated rings. The number of ether oxygens (including phenoxy) is 1. The first-order valence-corrected chi connectivity index (χ1v) is 5.38. The van der Waals surface area contributed by atoms with E-state index >= 15 is 0 Å². The molecule has 1 heterocycles. The van der Waals surface area contributed by atoms with E-state index in [9.17, 15) is 0 Å². The molecule has 0 atom stereocenters. The number of nitrogens with two attached hydrogens (primary N) is 1. The Morgan fingerprint density at radius 2 is 1.92 bits per heavy atom. The molecule has 1 aliphatic heterocycles. The highest BCUT2D eigenvalue weighted by Crippen LogP contribution is 2.32. The molecule has 2 N–H and O–H groups in total. The Labute approximate surface area is 80.2 Å². The van der Waals surface area contributed by atoms with Crippen molar-refractivity contribution < 1.29 is 4.74 Å². The van der Waals surface area contributed by atoms with Crippen LogP contribution in [0.3, 0.4) is 0 Å². The molecule has 76 valence electrons. The first-order valence-electron chi connectivity index (χ1n) is 5.38. The van der Waals surface area contributed by atoms with Gasteiger partial charge < -0.3 is 10.5 Å². The summed E-state index contributed by atoms with van der Waals surface area (Å²) in [6.07, 6.45) is 4.97. The molecule has 2 aliphatic rings. The van der Waals surface area contributed by atoms with E-state index in [0.717, 1.165) is 26.3 Å². The van der Waals surface area contributed by atoms with E-state index in [1.54, 1.807) is 0 Å². The molecule has 0 aromatic rings. The van der Waals surface area contributed by atoms with E-state index in [0.29, 0.717) is 0 Å². The molecule has 0 amide bonds. The molecule has 0 radical (unpaired) electrons. The van der Waals surface area contributed by atoms with Crippen molar-refractivity contribution in [2.45, 2.75) is 31.2 Å². The number of nitrogens with zero attached hydrogens (tertiary/aromatic N) is 1. The van der Waals surface area contributed by atoms with Crippen LogP contribution in [0.15, 0.2) is 0 Å². The Balaban J connectivity index is 1.66. The molecule has 0 bridgehead atoms. The molecule has 3 nitrogen and oxygen atoms in total. The van der Waals surface area contributed by atoms with Crippen LogP contribution >= 0.6 is 0 Å². The Morgan fingerprint density at radius 1 is 1.23 bits per heavy atom. The van der Waals surface area contributed by atoms with Gasteiger partial charge in [0.05, 0.1) is 13.2 Å². The quantitative estimate of drug-likeness (QED) is 0.697. The molecule has 2 rings (SSSR count). The Hall–Kier alpha value is -0.120. The van der Waals surface area contributed by atoms with Crippen molar-refractivity contribution in [2.75, 3.05) is 32.8 Å². The predicted octanol–water partition coefficient (Wildman–Crippen LogP) is 0.590. The number of hydrogen-bond acceptors (Lipinski definition) is 3. The van der Waals surface area contributed by atoms with E-state index in [1.807, 2.05) is 0 Å². The lowest BCUT2D eigenvalue weighted by Gasteiger charge is -2.40. The fraction of sp³-hybridized carbons (Fsp3) is 1.00. The molecule has 3 heteroatoms. The first kappa shape index (κ1) is 9.44. The van der Waals surface area contributed by atoms with Gasteiger partial charge in [0.25, 0.3) is 0 Å². The van der Waals surface area contributed by atoms with Gasteiger partial charge >= 0.3 is 0 Å². The first-order chi connectivity index (χ1) is 6.29. The van der Waals surface area contributed by atoms with Crippen molar-refractivity contribution in [1.29, 1.82) is 0 Å². The molecule has 1 saturated heterocycles. The molecule has 0 spiro atoms. The minimum atomic E-state index is 0.193. The van der Waals surface area contributed by atoms with Gasteiger partial charge in [-0.05, 0) is 25.7 Å². The fourth-order valence-electron chi connectivity index (χ4n) is 2.09. The van der Waals surface area contributed by atoms with Crippen LogP contribution < -0.4 is 5.73 Å². The third kappa shape index (κ3) is 2.42. The zero-order valence-corrected chi connectivity index (χ0v) is 8.30. The summed E-state index contributed by atoms with van der Waals surface area (Å²) in [6, 6.07) is 0. The lowest BCUT2D eigenvalue weighted by atomic mass is 9.75. The van der Waals surface area contributed by atoms with E-state index in [-0.39, 0.29) is 5.54 Å². The normalized spacial score (nSPS) is 28.4. The maximum Gasteiger partial charge on any atom is 0.0594 e. The Morgan fingerprint density at radius 3 is 2.46 bits per heavy atom. The standard InChI is InChI=1S/C10H20N2O/c11-10(2-1-3-10)4-5-12-6-8-13-9-7-12/h1-9,11H2. The summed E-state index contributed by atoms with van der Waals surface area (Å²) in [6.45, 7) is 5.15. The summed E-state index contributed by atoms with van der Waals surface area (Å²) < 4.78 is 5.30. The summed E-state index contributed by atoms with van der Waals surface area (Å²) in [5, 5.41) is 0. The second-order valence-corrected chi connectivity index (χ2v) is 4.42. The lowest BCUT2D eigenvalue weighted by Crippen LogP contribution is -2.49. The average molecular weight is 184 g/mol. The lowest BCUT2D eigenvalue weighted by molar-refractivity contribution is 0.0316. The van der Waals surface area contributed by atoms with Gasteiger partial charge in [-0.3, -0.25) is 4.90 Å². The zero-order valence-electron chi connectivity index (χ0n) is 8.30. The van der Waals surface area contributed by atoms with Gasteiger partial charge in [-0.15, -0.1) is 0 Å². The largest absolute Gasteiger partial charge is 0.379 e. The molecule has 1 saturated carbocycles. The minimum Gasteiger partial charge on any atom is -0.379 e. The predicted molar refractivity (Wildman–Crippen MR) is 52.6 cm³/mol. The third-order valence-electron chi connectivity index (χ3n) is 3.38. The second kappa shape index (κ2) is 3.95. The van der Waals surface area contributed by atoms with Crippen molar-refractivity contribution >= 4 is 0 Å². The number of morpholine rings is 1. The summed E-state index contributed by atoms with van der Waals surface area (Å²) >= 11 is 0. The summed E-state index contributed by atoms with van der Waals surface area (Å²) in [5.74, 6) is 0. The van der Waals surface area contributed by atoms with Gasteiger partial charge in [-0.1, -0.05) is 0 Å². The second-order valence-electron chi connectivity index (χ2n) is 4.42. The molecule has 1 aliphatic carbocycles. The van der Waals surface area contributed by atoms with Gasteiger partial charge in [-0.2, -0.15) is 0 Å². The highest BCUT2D eigenvalue weighted by molar-refractivity contribution is 4.93. The highest BCUT2D eigenvalue weighted by atomic mass is 16.5. The van der Waals surface area contributed by atoms with Crippen LogP contribution in [0.5, 0.6) is 0 Å². The van der Waals surface area contributed by atoms with Crippen LogP contribution in [0.1, 0.15) is 25.7 Å². The number of rotatable bonds is 3. The van der Waals surface area contributed by atoms with Crippen LogP contribution in [-0.4, -0.2) is 43.3 Å². The van der Waals surface area contributed by atoms with Gasteiger partial charge in [0.15, 0.2) is 0 Å². The smallest absolute Gasteiger partial charge is 0.0594 e. The summed E-state index contributed by atoms with van der Waals surface area (Å²) in [4.78, 5) is 2.47. The topological polar surface area (TPSA) is 38.5 Å². The van der Waals surface area contributed by atoms with Crippen molar-refractivity contribution in [3.8, 4) is 0 Å². The van der Waals surface area contributed by atoms with Gasteiger partial charge in [-0.25, -0.2) is 0 Å². The van der Waals surface area contributed by atoms with Gasteiger partial charge in [0, 0.05) is 25.2 Å². The maximum atomic E-state index is 6.16. The molecule has 0 aromatic heterocycles. The van der Waals surface area contributed by atoms with Crippen LogP contribution in [0, 0.1) is 0 Å². The third-order valence-corrected chi connectivity index (χ3v) is 3.38. The molecule has 0 aromatic carbocycles. The SMILES string of the molecule is NC1(CCN2CCOCC2)CCC1. The van der Waals surface area contributed by atoms with Gasteiger partial charge in [0.1, 0.15) is 0 Å². The molecule has 13 heavy (non-hydrogen) atoms. The Kier molecular flexibility index (Phi) is 2.86. The molecular formula is C10H20N2O. The summed E-state index contributed by atoms with van der Waals surface area (Å²) in [5.41, 5.74) is 6.35. The zero-order chi connectivity index (χ0) is 9.15. The van der Waals surface area contributed by atoms with Crippen LogP contribution in [0.2, 0.25) is 0 Å². The van der Waals surface area contributed by atoms with Crippen LogP contribution in [-0.2, 0) is 4.74 Å². The van der Waals surface area contributed by atoms with Crippen molar-refractivity contribution in [3.63, 3.8) is 0 Å². The summed E-state index contributed by atoms with van der Waals surface area (Å²) in [7, 11) is 0. The van der Waals surface area contributed by atoms with E-state index in [2.05, 4.69) is 4.90 Å². The van der Waals surface area contributed by atoms with Crippen molar-refractivity contribution in [1.82, 2.24) is 4.90 Å². The van der Waals surface area contributed by atoms with Crippen molar-refractivity contribution in [2.24, 2.45) is 5.73 Å². The molecular weight excluding hydrogens is 164 g/mol. The van der Waals surface area contributed by atoms with E-state index in [4.69, 9.17) is 10.5 Å². The number of hydrogen-bond donors (Lipinski definition) is 1. The Bertz CT molecular complexity index is 162. The van der Waals surface area contributed by atoms with Gasteiger partial charge in [0.2, 0.25) is 0 Å². The van der Waals surface area contributed by atoms with Crippen molar-refractivity contribution in [3.05, 3.63) is 0 Å². The van der Waals surface area contributed by atoms with E-state index < -0.39 is 0 Å². The monoisotopic (exact) mass is 184 g/mol. The minimum absolute atomic E-state index is 0.193. The maximum absolute atomic E-state index is 6.16. The van der Waals surface area contributed by atoms with Crippen LogP contribution in [0.25, 0.3) is 0 Å². The van der Waals surface area contributed by atoms with Crippen LogP contribution in [0.4, 0.5) is 0 Å².